The van der Waals surface area contributed by atoms with Crippen molar-refractivity contribution < 1.29 is 27.2 Å². The molecule has 1 rings (SSSR count). The minimum absolute atomic E-state index is 0.112. The Balaban J connectivity index is 3.14. The lowest BCUT2D eigenvalue weighted by atomic mass is 10.2. The average molecular weight is 325 g/mol. The van der Waals surface area contributed by atoms with Crippen molar-refractivity contribution in [3.63, 3.8) is 0 Å². The third kappa shape index (κ3) is 4.14. The van der Waals surface area contributed by atoms with Crippen LogP contribution in [0.2, 0.25) is 0 Å². The number of aliphatic hydroxyl groups excluding tert-OH is 1. The second-order valence-electron chi connectivity index (χ2n) is 4.25. The van der Waals surface area contributed by atoms with Gasteiger partial charge < -0.3 is 10.8 Å². The van der Waals surface area contributed by atoms with E-state index < -0.39 is 55.9 Å². The minimum Gasteiger partial charge on any atom is -0.392 e. The summed E-state index contributed by atoms with van der Waals surface area (Å²) < 4.78 is 52.2. The van der Waals surface area contributed by atoms with E-state index in [2.05, 4.69) is 0 Å². The van der Waals surface area contributed by atoms with Crippen LogP contribution in [0.15, 0.2) is 17.0 Å². The zero-order chi connectivity index (χ0) is 16.4. The van der Waals surface area contributed by atoms with Gasteiger partial charge in [-0.05, 0) is 6.92 Å². The first-order valence-corrected chi connectivity index (χ1v) is 7.11. The fourth-order valence-electron chi connectivity index (χ4n) is 1.32. The molecule has 4 N–H and O–H groups in total. The van der Waals surface area contributed by atoms with E-state index in [-0.39, 0.29) is 12.1 Å². The molecule has 0 amide bonds. The molecule has 0 aliphatic rings. The van der Waals surface area contributed by atoms with Crippen LogP contribution in [0, 0.1) is 21.7 Å². The molecular formula is C10H13F2N3O5S. The lowest BCUT2D eigenvalue weighted by Gasteiger charge is -2.15. The zero-order valence-electron chi connectivity index (χ0n) is 10.8. The summed E-state index contributed by atoms with van der Waals surface area (Å²) in [7, 11) is -4.48. The molecule has 21 heavy (non-hydrogen) atoms. The number of aliphatic hydroxyl groups is 1. The molecule has 0 heterocycles. The lowest BCUT2D eigenvalue weighted by molar-refractivity contribution is -0.387. The van der Waals surface area contributed by atoms with Gasteiger partial charge in [-0.15, -0.1) is 0 Å². The van der Waals surface area contributed by atoms with E-state index in [1.807, 2.05) is 4.72 Å². The highest BCUT2D eigenvalue weighted by atomic mass is 32.2. The van der Waals surface area contributed by atoms with Crippen LogP contribution in [0.5, 0.6) is 0 Å². The molecule has 0 bridgehead atoms. The fraction of sp³-hybridized carbons (Fsp3) is 0.400. The summed E-state index contributed by atoms with van der Waals surface area (Å²) in [6.45, 7) is 0.896. The number of sulfonamides is 1. The van der Waals surface area contributed by atoms with Crippen molar-refractivity contribution in [3.05, 3.63) is 33.9 Å². The third-order valence-electron chi connectivity index (χ3n) is 2.62. The molecule has 8 nitrogen and oxygen atoms in total. The summed E-state index contributed by atoms with van der Waals surface area (Å²) in [5.74, 6) is -2.96. The van der Waals surface area contributed by atoms with E-state index in [9.17, 15) is 27.3 Å². The smallest absolute Gasteiger partial charge is 0.306 e. The van der Waals surface area contributed by atoms with E-state index in [0.29, 0.717) is 0 Å². The predicted octanol–water partition coefficient (Wildman–Crippen LogP) is -0.141. The van der Waals surface area contributed by atoms with Crippen molar-refractivity contribution in [2.75, 3.05) is 6.54 Å². The Morgan fingerprint density at radius 2 is 2.00 bits per heavy atom. The van der Waals surface area contributed by atoms with E-state index in [1.165, 1.54) is 6.92 Å². The predicted molar refractivity (Wildman–Crippen MR) is 67.9 cm³/mol. The largest absolute Gasteiger partial charge is 0.392 e. The number of benzene rings is 1. The second kappa shape index (κ2) is 6.39. The molecule has 0 aliphatic carbocycles. The Morgan fingerprint density at radius 1 is 1.43 bits per heavy atom. The quantitative estimate of drug-likeness (QED) is 0.492. The topological polar surface area (TPSA) is 136 Å². The van der Waals surface area contributed by atoms with Gasteiger partial charge in [-0.2, -0.15) is 4.39 Å². The molecule has 0 fully saturated rings. The SMILES string of the molecule is CC(O)C(N)CNS(=O)(=O)c1cc([N+](=O)[O-])c(F)cc1F. The van der Waals surface area contributed by atoms with Crippen molar-refractivity contribution in [1.82, 2.24) is 4.72 Å². The van der Waals surface area contributed by atoms with E-state index in [1.54, 1.807) is 0 Å². The average Bonchev–Trinajstić information content (AvgIpc) is 2.34. The first-order chi connectivity index (χ1) is 9.56. The zero-order valence-corrected chi connectivity index (χ0v) is 11.6. The molecule has 0 spiro atoms. The van der Waals surface area contributed by atoms with Gasteiger partial charge in [-0.25, -0.2) is 17.5 Å². The molecule has 2 atom stereocenters. The van der Waals surface area contributed by atoms with Gasteiger partial charge in [-0.3, -0.25) is 10.1 Å². The molecule has 0 saturated carbocycles. The van der Waals surface area contributed by atoms with Gasteiger partial charge in [0.05, 0.1) is 11.0 Å². The maximum atomic E-state index is 13.5. The van der Waals surface area contributed by atoms with Gasteiger partial charge >= 0.3 is 5.69 Å². The van der Waals surface area contributed by atoms with Gasteiger partial charge in [0, 0.05) is 24.7 Å². The van der Waals surface area contributed by atoms with Crippen LogP contribution < -0.4 is 10.5 Å². The van der Waals surface area contributed by atoms with Gasteiger partial charge in [0.15, 0.2) is 0 Å². The Bertz CT molecular complexity index is 650. The summed E-state index contributed by atoms with van der Waals surface area (Å²) in [5, 5.41) is 19.7. The minimum atomic E-state index is -4.48. The number of nitrogens with one attached hydrogen (secondary N) is 1. The van der Waals surface area contributed by atoms with Crippen LogP contribution in [-0.2, 0) is 10.0 Å². The summed E-state index contributed by atoms with van der Waals surface area (Å²) in [4.78, 5) is 8.30. The first kappa shape index (κ1) is 17.4. The van der Waals surface area contributed by atoms with Crippen LogP contribution in [0.4, 0.5) is 14.5 Å². The van der Waals surface area contributed by atoms with E-state index >= 15 is 0 Å². The van der Waals surface area contributed by atoms with E-state index in [0.717, 1.165) is 0 Å². The van der Waals surface area contributed by atoms with Gasteiger partial charge in [-0.1, -0.05) is 0 Å². The highest BCUT2D eigenvalue weighted by molar-refractivity contribution is 7.89. The van der Waals surface area contributed by atoms with Crippen LogP contribution in [0.1, 0.15) is 6.92 Å². The Morgan fingerprint density at radius 3 is 2.48 bits per heavy atom. The van der Waals surface area contributed by atoms with Crippen LogP contribution >= 0.6 is 0 Å². The molecule has 0 aliphatic heterocycles. The molecular weight excluding hydrogens is 312 g/mol. The van der Waals surface area contributed by atoms with Crippen LogP contribution in [-0.4, -0.2) is 37.1 Å². The molecule has 0 radical (unpaired) electrons. The number of hydrogen-bond donors (Lipinski definition) is 3. The molecule has 2 unspecified atom stereocenters. The highest BCUT2D eigenvalue weighted by Crippen LogP contribution is 2.24. The number of nitrogens with two attached hydrogens (primary N) is 1. The maximum absolute atomic E-state index is 13.5. The van der Waals surface area contributed by atoms with Crippen molar-refractivity contribution in [2.24, 2.45) is 5.73 Å². The monoisotopic (exact) mass is 325 g/mol. The van der Waals surface area contributed by atoms with Gasteiger partial charge in [0.2, 0.25) is 15.8 Å². The fourth-order valence-corrected chi connectivity index (χ4v) is 2.47. The van der Waals surface area contributed by atoms with Crippen molar-refractivity contribution in [2.45, 2.75) is 24.0 Å². The summed E-state index contributed by atoms with van der Waals surface area (Å²) in [6.07, 6.45) is -1.03. The maximum Gasteiger partial charge on any atom is 0.306 e. The molecule has 0 saturated heterocycles. The molecule has 11 heteroatoms. The van der Waals surface area contributed by atoms with E-state index in [4.69, 9.17) is 10.8 Å². The van der Waals surface area contributed by atoms with Crippen LogP contribution in [0.3, 0.4) is 0 Å². The Kier molecular flexibility index (Phi) is 5.28. The second-order valence-corrected chi connectivity index (χ2v) is 5.98. The summed E-state index contributed by atoms with van der Waals surface area (Å²) in [6, 6.07) is -0.569. The number of hydrogen-bond acceptors (Lipinski definition) is 6. The molecule has 1 aromatic rings. The van der Waals surface area contributed by atoms with Gasteiger partial charge in [0.25, 0.3) is 0 Å². The Hall–Kier alpha value is -1.69. The number of halogens is 2. The first-order valence-electron chi connectivity index (χ1n) is 5.63. The molecule has 1 aromatic carbocycles. The summed E-state index contributed by atoms with van der Waals surface area (Å²) in [5.41, 5.74) is 4.23. The number of nitro groups is 1. The number of nitro benzene ring substituents is 1. The lowest BCUT2D eigenvalue weighted by Crippen LogP contribution is -2.43. The molecule has 0 aromatic heterocycles. The summed E-state index contributed by atoms with van der Waals surface area (Å²) >= 11 is 0. The normalized spacial score (nSPS) is 14.7. The van der Waals surface area contributed by atoms with Crippen LogP contribution in [0.25, 0.3) is 0 Å². The highest BCUT2D eigenvalue weighted by Gasteiger charge is 2.27. The number of nitrogens with zero attached hydrogens (tertiary/aromatic N) is 1. The Labute approximate surface area is 118 Å². The molecule has 118 valence electrons. The number of rotatable bonds is 6. The van der Waals surface area contributed by atoms with Crippen molar-refractivity contribution >= 4 is 15.7 Å². The standard InChI is InChI=1S/C10H13F2N3O5S/c1-5(16)8(13)4-14-21(19,20)10-3-9(15(17)18)6(11)2-7(10)12/h2-3,5,8,14,16H,4,13H2,1H3. The van der Waals surface area contributed by atoms with Gasteiger partial charge in [0.1, 0.15) is 10.7 Å². The third-order valence-corrected chi connectivity index (χ3v) is 4.05. The van der Waals surface area contributed by atoms with Crippen molar-refractivity contribution in [3.8, 4) is 0 Å². The van der Waals surface area contributed by atoms with Crippen molar-refractivity contribution in [1.29, 1.82) is 0 Å².